The molecule has 0 spiro atoms. The molecule has 0 radical (unpaired) electrons. The van der Waals surface area contributed by atoms with Crippen molar-refractivity contribution in [3.63, 3.8) is 0 Å². The summed E-state index contributed by atoms with van der Waals surface area (Å²) in [7, 11) is 5.55. The monoisotopic (exact) mass is 235 g/mol. The predicted octanol–water partition coefficient (Wildman–Crippen LogP) is 1.18. The fraction of sp³-hybridized carbons (Fsp3) is 0.462. The average Bonchev–Trinajstić information content (AvgIpc) is 2.29. The number of carbonyl (C=O) groups is 1. The summed E-state index contributed by atoms with van der Waals surface area (Å²) in [4.78, 5) is 15.2. The van der Waals surface area contributed by atoms with Gasteiger partial charge in [-0.1, -0.05) is 18.2 Å². The molecule has 0 unspecified atom stereocenters. The van der Waals surface area contributed by atoms with Crippen LogP contribution >= 0.6 is 0 Å². The van der Waals surface area contributed by atoms with Crippen LogP contribution in [0.4, 0.5) is 5.69 Å². The van der Waals surface area contributed by atoms with Crippen LogP contribution in [0, 0.1) is 0 Å². The molecule has 0 aliphatic heterocycles. The number of hydrogen-bond acceptors (Lipinski definition) is 3. The van der Waals surface area contributed by atoms with Crippen molar-refractivity contribution in [1.82, 2.24) is 9.80 Å². The molecule has 94 valence electrons. The number of hydrogen-bond donors (Lipinski definition) is 1. The smallest absolute Gasteiger partial charge is 0.223 e. The Bertz CT molecular complexity index is 377. The second-order valence-electron chi connectivity index (χ2n) is 4.47. The Morgan fingerprint density at radius 1 is 1.24 bits per heavy atom. The van der Waals surface area contributed by atoms with Crippen molar-refractivity contribution in [3.8, 4) is 0 Å². The lowest BCUT2D eigenvalue weighted by molar-refractivity contribution is -0.129. The first-order valence-electron chi connectivity index (χ1n) is 5.72. The SMILES string of the molecule is CN(CCC(=O)N(C)C)Cc1ccccc1N. The van der Waals surface area contributed by atoms with Crippen LogP contribution in [0.5, 0.6) is 0 Å². The number of carbonyl (C=O) groups excluding carboxylic acids is 1. The molecule has 0 aliphatic rings. The molecule has 0 aliphatic carbocycles. The molecule has 0 saturated carbocycles. The summed E-state index contributed by atoms with van der Waals surface area (Å²) in [6.07, 6.45) is 0.538. The van der Waals surface area contributed by atoms with Crippen molar-refractivity contribution in [2.24, 2.45) is 0 Å². The summed E-state index contributed by atoms with van der Waals surface area (Å²) in [6, 6.07) is 7.81. The summed E-state index contributed by atoms with van der Waals surface area (Å²) in [6.45, 7) is 1.51. The minimum absolute atomic E-state index is 0.151. The normalized spacial score (nSPS) is 10.6. The number of rotatable bonds is 5. The number of benzene rings is 1. The molecule has 0 aromatic heterocycles. The van der Waals surface area contributed by atoms with Gasteiger partial charge in [-0.3, -0.25) is 4.79 Å². The third-order valence-electron chi connectivity index (χ3n) is 2.70. The molecule has 0 atom stereocenters. The molecule has 17 heavy (non-hydrogen) atoms. The highest BCUT2D eigenvalue weighted by atomic mass is 16.2. The van der Waals surface area contributed by atoms with Gasteiger partial charge in [0.1, 0.15) is 0 Å². The van der Waals surface area contributed by atoms with Gasteiger partial charge in [-0.15, -0.1) is 0 Å². The molecule has 0 fully saturated rings. The first-order chi connectivity index (χ1) is 8.00. The van der Waals surface area contributed by atoms with E-state index in [0.717, 1.165) is 24.3 Å². The van der Waals surface area contributed by atoms with Gasteiger partial charge in [0.25, 0.3) is 0 Å². The predicted molar refractivity (Wildman–Crippen MR) is 70.5 cm³/mol. The van der Waals surface area contributed by atoms with E-state index in [1.54, 1.807) is 19.0 Å². The lowest BCUT2D eigenvalue weighted by atomic mass is 10.1. The van der Waals surface area contributed by atoms with Gasteiger partial charge in [-0.25, -0.2) is 0 Å². The average molecular weight is 235 g/mol. The topological polar surface area (TPSA) is 49.6 Å². The van der Waals surface area contributed by atoms with E-state index in [9.17, 15) is 4.79 Å². The molecule has 1 amide bonds. The van der Waals surface area contributed by atoms with Gasteiger partial charge >= 0.3 is 0 Å². The highest BCUT2D eigenvalue weighted by molar-refractivity contribution is 5.75. The summed E-state index contributed by atoms with van der Waals surface area (Å²) < 4.78 is 0. The van der Waals surface area contributed by atoms with Gasteiger partial charge in [-0.2, -0.15) is 0 Å². The lowest BCUT2D eigenvalue weighted by Gasteiger charge is -2.18. The van der Waals surface area contributed by atoms with Gasteiger partial charge < -0.3 is 15.5 Å². The van der Waals surface area contributed by atoms with E-state index in [-0.39, 0.29) is 5.91 Å². The van der Waals surface area contributed by atoms with Crippen LogP contribution in [0.3, 0.4) is 0 Å². The number of nitrogens with zero attached hydrogens (tertiary/aromatic N) is 2. The second kappa shape index (κ2) is 6.25. The molecule has 4 nitrogen and oxygen atoms in total. The van der Waals surface area contributed by atoms with Crippen molar-refractivity contribution in [2.45, 2.75) is 13.0 Å². The fourth-order valence-corrected chi connectivity index (χ4v) is 1.56. The Balaban J connectivity index is 2.43. The van der Waals surface area contributed by atoms with Gasteiger partial charge in [0, 0.05) is 39.3 Å². The minimum Gasteiger partial charge on any atom is -0.398 e. The third-order valence-corrected chi connectivity index (χ3v) is 2.70. The minimum atomic E-state index is 0.151. The first kappa shape index (κ1) is 13.5. The zero-order valence-corrected chi connectivity index (χ0v) is 10.8. The third kappa shape index (κ3) is 4.44. The standard InChI is InChI=1S/C13H21N3O/c1-15(2)13(17)8-9-16(3)10-11-6-4-5-7-12(11)14/h4-7H,8-10,14H2,1-3H3. The molecular formula is C13H21N3O. The van der Waals surface area contributed by atoms with Crippen molar-refractivity contribution in [1.29, 1.82) is 0 Å². The quantitative estimate of drug-likeness (QED) is 0.780. The van der Waals surface area contributed by atoms with Crippen molar-refractivity contribution < 1.29 is 4.79 Å². The molecule has 0 heterocycles. The van der Waals surface area contributed by atoms with Gasteiger partial charge in [0.2, 0.25) is 5.91 Å². The Labute approximate surface area is 103 Å². The molecule has 1 aromatic carbocycles. The molecule has 2 N–H and O–H groups in total. The van der Waals surface area contributed by atoms with E-state index in [0.29, 0.717) is 6.42 Å². The van der Waals surface area contributed by atoms with Crippen molar-refractivity contribution in [2.75, 3.05) is 33.4 Å². The summed E-state index contributed by atoms with van der Waals surface area (Å²) in [5.74, 6) is 0.151. The second-order valence-corrected chi connectivity index (χ2v) is 4.47. The van der Waals surface area contributed by atoms with Gasteiger partial charge in [0.15, 0.2) is 0 Å². The van der Waals surface area contributed by atoms with Crippen LogP contribution in [-0.2, 0) is 11.3 Å². The van der Waals surface area contributed by atoms with Crippen LogP contribution in [-0.4, -0.2) is 43.4 Å². The Morgan fingerprint density at radius 2 is 1.88 bits per heavy atom. The van der Waals surface area contributed by atoms with E-state index in [1.165, 1.54) is 0 Å². The number of anilines is 1. The van der Waals surface area contributed by atoms with Crippen LogP contribution in [0.2, 0.25) is 0 Å². The van der Waals surface area contributed by atoms with Gasteiger partial charge in [0.05, 0.1) is 0 Å². The van der Waals surface area contributed by atoms with E-state index < -0.39 is 0 Å². The summed E-state index contributed by atoms with van der Waals surface area (Å²) >= 11 is 0. The van der Waals surface area contributed by atoms with Crippen LogP contribution in [0.25, 0.3) is 0 Å². The summed E-state index contributed by atoms with van der Waals surface area (Å²) in [5.41, 5.74) is 7.78. The molecule has 0 bridgehead atoms. The van der Waals surface area contributed by atoms with Gasteiger partial charge in [-0.05, 0) is 18.7 Å². The van der Waals surface area contributed by atoms with Crippen LogP contribution in [0.1, 0.15) is 12.0 Å². The molecular weight excluding hydrogens is 214 g/mol. The molecule has 4 heteroatoms. The molecule has 1 aromatic rings. The Morgan fingerprint density at radius 3 is 2.47 bits per heavy atom. The number of nitrogens with two attached hydrogens (primary N) is 1. The molecule has 1 rings (SSSR count). The Hall–Kier alpha value is -1.55. The zero-order valence-electron chi connectivity index (χ0n) is 10.8. The van der Waals surface area contributed by atoms with Crippen LogP contribution in [0.15, 0.2) is 24.3 Å². The van der Waals surface area contributed by atoms with E-state index in [2.05, 4.69) is 4.90 Å². The summed E-state index contributed by atoms with van der Waals surface area (Å²) in [5, 5.41) is 0. The number of nitrogen functional groups attached to an aromatic ring is 1. The Kier molecular flexibility index (Phi) is 4.97. The fourth-order valence-electron chi connectivity index (χ4n) is 1.56. The highest BCUT2D eigenvalue weighted by Crippen LogP contribution is 2.12. The van der Waals surface area contributed by atoms with Crippen LogP contribution < -0.4 is 5.73 Å². The largest absolute Gasteiger partial charge is 0.398 e. The van der Waals surface area contributed by atoms with E-state index in [4.69, 9.17) is 5.73 Å². The lowest BCUT2D eigenvalue weighted by Crippen LogP contribution is -2.28. The maximum atomic E-state index is 11.4. The maximum absolute atomic E-state index is 11.4. The van der Waals surface area contributed by atoms with Crippen molar-refractivity contribution in [3.05, 3.63) is 29.8 Å². The number of amides is 1. The molecule has 0 saturated heterocycles. The first-order valence-corrected chi connectivity index (χ1v) is 5.72. The highest BCUT2D eigenvalue weighted by Gasteiger charge is 2.07. The maximum Gasteiger partial charge on any atom is 0.223 e. The van der Waals surface area contributed by atoms with E-state index in [1.807, 2.05) is 31.3 Å². The number of para-hydroxylation sites is 1. The zero-order chi connectivity index (χ0) is 12.8. The van der Waals surface area contributed by atoms with E-state index >= 15 is 0 Å². The van der Waals surface area contributed by atoms with Crippen molar-refractivity contribution >= 4 is 11.6 Å².